The van der Waals surface area contributed by atoms with Crippen LogP contribution >= 0.6 is 0 Å². The van der Waals surface area contributed by atoms with Gasteiger partial charge in [0.2, 0.25) is 0 Å². The van der Waals surface area contributed by atoms with E-state index >= 15 is 0 Å². The Morgan fingerprint density at radius 3 is 2.72 bits per heavy atom. The average Bonchev–Trinajstić information content (AvgIpc) is 2.66. The predicted octanol–water partition coefficient (Wildman–Crippen LogP) is 2.82. The number of benzene rings is 1. The zero-order valence-corrected chi connectivity index (χ0v) is 10.8. The lowest BCUT2D eigenvalue weighted by Crippen LogP contribution is -2.28. The van der Waals surface area contributed by atoms with E-state index in [9.17, 15) is 4.79 Å². The maximum atomic E-state index is 10.7. The minimum atomic E-state index is -0.835. The van der Waals surface area contributed by atoms with Gasteiger partial charge in [-0.1, -0.05) is 18.2 Å². The number of furan rings is 1. The second-order valence-electron chi connectivity index (χ2n) is 4.57. The molecule has 1 aromatic carbocycles. The second-order valence-corrected chi connectivity index (χ2v) is 4.57. The van der Waals surface area contributed by atoms with Gasteiger partial charge in [-0.05, 0) is 32.5 Å². The zero-order valence-electron chi connectivity index (χ0n) is 10.8. The van der Waals surface area contributed by atoms with E-state index in [0.717, 1.165) is 22.3 Å². The molecule has 1 N–H and O–H groups in total. The van der Waals surface area contributed by atoms with Crippen LogP contribution in [-0.4, -0.2) is 29.6 Å². The van der Waals surface area contributed by atoms with E-state index in [-0.39, 0.29) is 12.6 Å². The van der Waals surface area contributed by atoms with E-state index in [4.69, 9.17) is 9.52 Å². The molecule has 4 nitrogen and oxygen atoms in total. The number of carbonyl (C=O) groups is 1. The molecule has 0 saturated carbocycles. The monoisotopic (exact) mass is 247 g/mol. The van der Waals surface area contributed by atoms with Crippen molar-refractivity contribution in [3.63, 3.8) is 0 Å². The summed E-state index contributed by atoms with van der Waals surface area (Å²) in [5.74, 6) is -0.00179. The minimum absolute atomic E-state index is 0.00233. The van der Waals surface area contributed by atoms with Gasteiger partial charge in [0.15, 0.2) is 0 Å². The molecule has 0 saturated heterocycles. The summed E-state index contributed by atoms with van der Waals surface area (Å²) in [6, 6.07) is 7.78. The van der Waals surface area contributed by atoms with Gasteiger partial charge in [-0.3, -0.25) is 9.69 Å². The first-order chi connectivity index (χ1) is 8.50. The van der Waals surface area contributed by atoms with Crippen LogP contribution in [0.1, 0.15) is 24.3 Å². The number of nitrogens with zero attached hydrogens (tertiary/aromatic N) is 1. The van der Waals surface area contributed by atoms with Crippen molar-refractivity contribution in [1.82, 2.24) is 4.90 Å². The van der Waals surface area contributed by atoms with Gasteiger partial charge >= 0.3 is 5.97 Å². The van der Waals surface area contributed by atoms with Gasteiger partial charge < -0.3 is 9.52 Å². The molecule has 96 valence electrons. The van der Waals surface area contributed by atoms with Crippen LogP contribution in [0.3, 0.4) is 0 Å². The lowest BCUT2D eigenvalue weighted by molar-refractivity contribution is -0.138. The highest BCUT2D eigenvalue weighted by Crippen LogP contribution is 2.31. The summed E-state index contributed by atoms with van der Waals surface area (Å²) in [5, 5.41) is 9.90. The number of para-hydroxylation sites is 1. The van der Waals surface area contributed by atoms with Crippen LogP contribution in [0.2, 0.25) is 0 Å². The third kappa shape index (κ3) is 2.24. The highest BCUT2D eigenvalue weighted by molar-refractivity contribution is 5.82. The fourth-order valence-corrected chi connectivity index (χ4v) is 2.14. The fraction of sp³-hybridized carbons (Fsp3) is 0.357. The Labute approximate surface area is 106 Å². The van der Waals surface area contributed by atoms with Crippen LogP contribution in [0.5, 0.6) is 0 Å². The van der Waals surface area contributed by atoms with Gasteiger partial charge in [0.05, 0.1) is 12.6 Å². The largest absolute Gasteiger partial charge is 0.480 e. The molecular weight excluding hydrogens is 230 g/mol. The van der Waals surface area contributed by atoms with Crippen molar-refractivity contribution in [3.05, 3.63) is 35.6 Å². The van der Waals surface area contributed by atoms with Gasteiger partial charge in [0, 0.05) is 5.39 Å². The second kappa shape index (κ2) is 4.82. The highest BCUT2D eigenvalue weighted by atomic mass is 16.4. The predicted molar refractivity (Wildman–Crippen MR) is 69.6 cm³/mol. The van der Waals surface area contributed by atoms with Gasteiger partial charge in [-0.2, -0.15) is 0 Å². The molecular formula is C14H17NO3. The number of carboxylic acid groups (broad SMARTS) is 1. The molecule has 0 aliphatic heterocycles. The molecule has 1 unspecified atom stereocenters. The van der Waals surface area contributed by atoms with E-state index in [1.165, 1.54) is 0 Å². The van der Waals surface area contributed by atoms with Crippen LogP contribution in [0.15, 0.2) is 28.7 Å². The number of fused-ring (bicyclic) bond motifs is 1. The Morgan fingerprint density at radius 2 is 2.11 bits per heavy atom. The standard InChI is InChI=1S/C14H17NO3/c1-9-11-6-4-5-7-12(11)18-14(9)10(2)15(3)8-13(16)17/h4-7,10H,8H2,1-3H3,(H,16,17). The van der Waals surface area contributed by atoms with Crippen molar-refractivity contribution < 1.29 is 14.3 Å². The van der Waals surface area contributed by atoms with Crippen LogP contribution in [0.25, 0.3) is 11.0 Å². The number of carboxylic acids is 1. The summed E-state index contributed by atoms with van der Waals surface area (Å²) in [4.78, 5) is 12.5. The molecule has 2 aromatic rings. The van der Waals surface area contributed by atoms with Crippen molar-refractivity contribution in [1.29, 1.82) is 0 Å². The first-order valence-corrected chi connectivity index (χ1v) is 5.90. The van der Waals surface area contributed by atoms with Crippen LogP contribution in [0, 0.1) is 6.92 Å². The number of aryl methyl sites for hydroxylation is 1. The number of hydrogen-bond donors (Lipinski definition) is 1. The molecule has 0 spiro atoms. The molecule has 0 fully saturated rings. The number of likely N-dealkylation sites (N-methyl/N-ethyl adjacent to an activating group) is 1. The average molecular weight is 247 g/mol. The summed E-state index contributed by atoms with van der Waals surface area (Å²) in [7, 11) is 1.78. The molecule has 2 rings (SSSR count). The van der Waals surface area contributed by atoms with E-state index in [0.29, 0.717) is 0 Å². The van der Waals surface area contributed by atoms with Crippen molar-refractivity contribution in [2.24, 2.45) is 0 Å². The van der Waals surface area contributed by atoms with Gasteiger partial charge in [0.25, 0.3) is 0 Å². The summed E-state index contributed by atoms with van der Waals surface area (Å²) < 4.78 is 5.83. The van der Waals surface area contributed by atoms with Gasteiger partial charge in [-0.15, -0.1) is 0 Å². The normalized spacial score (nSPS) is 13.1. The van der Waals surface area contributed by atoms with Gasteiger partial charge in [0.1, 0.15) is 11.3 Å². The minimum Gasteiger partial charge on any atom is -0.480 e. The van der Waals surface area contributed by atoms with Crippen molar-refractivity contribution >= 4 is 16.9 Å². The summed E-state index contributed by atoms with van der Waals surface area (Å²) in [6.07, 6.45) is 0. The third-order valence-corrected chi connectivity index (χ3v) is 3.31. The van der Waals surface area contributed by atoms with Crippen molar-refractivity contribution in [3.8, 4) is 0 Å². The van der Waals surface area contributed by atoms with Crippen LogP contribution in [0.4, 0.5) is 0 Å². The zero-order chi connectivity index (χ0) is 13.3. The van der Waals surface area contributed by atoms with Crippen LogP contribution < -0.4 is 0 Å². The van der Waals surface area contributed by atoms with Crippen molar-refractivity contribution in [2.45, 2.75) is 19.9 Å². The Balaban J connectivity index is 2.35. The maximum absolute atomic E-state index is 10.7. The van der Waals surface area contributed by atoms with Crippen molar-refractivity contribution in [2.75, 3.05) is 13.6 Å². The summed E-state index contributed by atoms with van der Waals surface area (Å²) in [6.45, 7) is 3.96. The lowest BCUT2D eigenvalue weighted by atomic mass is 10.1. The quantitative estimate of drug-likeness (QED) is 0.902. The smallest absolute Gasteiger partial charge is 0.317 e. The molecule has 4 heteroatoms. The highest BCUT2D eigenvalue weighted by Gasteiger charge is 2.21. The molecule has 0 radical (unpaired) electrons. The Bertz CT molecular complexity index is 573. The van der Waals surface area contributed by atoms with Gasteiger partial charge in [-0.25, -0.2) is 0 Å². The maximum Gasteiger partial charge on any atom is 0.317 e. The molecule has 0 aliphatic rings. The number of aliphatic carboxylic acids is 1. The summed E-state index contributed by atoms with van der Waals surface area (Å²) in [5.41, 5.74) is 1.93. The lowest BCUT2D eigenvalue weighted by Gasteiger charge is -2.21. The van der Waals surface area contributed by atoms with E-state index in [1.54, 1.807) is 11.9 Å². The SMILES string of the molecule is Cc1c(C(C)N(C)CC(=O)O)oc2ccccc12. The molecule has 0 aliphatic carbocycles. The molecule has 0 amide bonds. The van der Waals surface area contributed by atoms with E-state index in [2.05, 4.69) is 0 Å². The molecule has 1 heterocycles. The first kappa shape index (κ1) is 12.6. The molecule has 0 bridgehead atoms. The van der Waals surface area contributed by atoms with Crippen LogP contribution in [-0.2, 0) is 4.79 Å². The molecule has 1 aromatic heterocycles. The topological polar surface area (TPSA) is 53.7 Å². The summed E-state index contributed by atoms with van der Waals surface area (Å²) >= 11 is 0. The van der Waals surface area contributed by atoms with E-state index in [1.807, 2.05) is 38.1 Å². The third-order valence-electron chi connectivity index (χ3n) is 3.31. The van der Waals surface area contributed by atoms with E-state index < -0.39 is 5.97 Å². The Hall–Kier alpha value is -1.81. The molecule has 18 heavy (non-hydrogen) atoms. The molecule has 1 atom stereocenters. The number of rotatable bonds is 4. The number of hydrogen-bond acceptors (Lipinski definition) is 3. The Morgan fingerprint density at radius 1 is 1.44 bits per heavy atom. The first-order valence-electron chi connectivity index (χ1n) is 5.90. The fourth-order valence-electron chi connectivity index (χ4n) is 2.14. The Kier molecular flexibility index (Phi) is 3.39.